The Morgan fingerprint density at radius 2 is 2.13 bits per heavy atom. The normalized spacial score (nSPS) is 14.7. The van der Waals surface area contributed by atoms with Gasteiger partial charge in [0, 0.05) is 0 Å². The maximum Gasteiger partial charge on any atom is 0.147 e. The first-order chi connectivity index (χ1) is 7.10. The minimum atomic E-state index is -1.20. The SMILES string of the molecule is NNc1ccc(C(O)C(O)CCl)cc1F. The van der Waals surface area contributed by atoms with E-state index in [1.807, 2.05) is 0 Å². The fourth-order valence-electron chi connectivity index (χ4n) is 1.14. The van der Waals surface area contributed by atoms with E-state index in [-0.39, 0.29) is 17.1 Å². The summed E-state index contributed by atoms with van der Waals surface area (Å²) in [6.45, 7) is 0. The molecule has 0 saturated carbocycles. The number of anilines is 1. The van der Waals surface area contributed by atoms with Crippen LogP contribution in [-0.4, -0.2) is 22.2 Å². The zero-order chi connectivity index (χ0) is 11.4. The van der Waals surface area contributed by atoms with Crippen molar-refractivity contribution in [3.05, 3.63) is 29.6 Å². The molecule has 0 bridgehead atoms. The van der Waals surface area contributed by atoms with Crippen molar-refractivity contribution in [1.82, 2.24) is 0 Å². The van der Waals surface area contributed by atoms with Crippen molar-refractivity contribution in [3.8, 4) is 0 Å². The van der Waals surface area contributed by atoms with Crippen LogP contribution in [0.4, 0.5) is 10.1 Å². The lowest BCUT2D eigenvalue weighted by Crippen LogP contribution is -2.20. The molecule has 1 aromatic rings. The molecule has 0 spiro atoms. The molecule has 15 heavy (non-hydrogen) atoms. The van der Waals surface area contributed by atoms with Crippen LogP contribution < -0.4 is 11.3 Å². The number of nitrogens with two attached hydrogens (primary N) is 1. The first-order valence-electron chi connectivity index (χ1n) is 4.28. The summed E-state index contributed by atoms with van der Waals surface area (Å²) in [5.41, 5.74) is 2.53. The molecular formula is C9H12ClFN2O2. The summed E-state index contributed by atoms with van der Waals surface area (Å²) in [7, 11) is 0. The molecule has 0 aromatic heterocycles. The highest BCUT2D eigenvalue weighted by atomic mass is 35.5. The summed E-state index contributed by atoms with van der Waals surface area (Å²) in [6.07, 6.45) is -2.33. The van der Waals surface area contributed by atoms with Gasteiger partial charge in [-0.15, -0.1) is 11.6 Å². The number of alkyl halides is 1. The number of hydrogen-bond donors (Lipinski definition) is 4. The molecule has 0 saturated heterocycles. The van der Waals surface area contributed by atoms with Gasteiger partial charge in [0.05, 0.1) is 17.7 Å². The molecule has 0 aliphatic rings. The molecule has 5 N–H and O–H groups in total. The molecule has 84 valence electrons. The van der Waals surface area contributed by atoms with Crippen LogP contribution in [-0.2, 0) is 0 Å². The topological polar surface area (TPSA) is 78.5 Å². The Morgan fingerprint density at radius 1 is 1.47 bits per heavy atom. The van der Waals surface area contributed by atoms with E-state index in [0.29, 0.717) is 0 Å². The van der Waals surface area contributed by atoms with Crippen LogP contribution in [0.5, 0.6) is 0 Å². The van der Waals surface area contributed by atoms with Gasteiger partial charge in [0.25, 0.3) is 0 Å². The van der Waals surface area contributed by atoms with Crippen molar-refractivity contribution in [2.24, 2.45) is 5.84 Å². The summed E-state index contributed by atoms with van der Waals surface area (Å²) < 4.78 is 13.2. The largest absolute Gasteiger partial charge is 0.389 e. The first kappa shape index (κ1) is 12.2. The fourth-order valence-corrected chi connectivity index (χ4v) is 1.31. The van der Waals surface area contributed by atoms with Gasteiger partial charge in [0.2, 0.25) is 0 Å². The Kier molecular flexibility index (Phi) is 4.28. The number of aliphatic hydroxyl groups excluding tert-OH is 2. The smallest absolute Gasteiger partial charge is 0.147 e. The number of hydrazine groups is 1. The Bertz CT molecular complexity index is 338. The Hall–Kier alpha value is -0.880. The monoisotopic (exact) mass is 234 g/mol. The number of halogens is 2. The van der Waals surface area contributed by atoms with E-state index in [9.17, 15) is 14.6 Å². The van der Waals surface area contributed by atoms with Crippen molar-refractivity contribution < 1.29 is 14.6 Å². The highest BCUT2D eigenvalue weighted by Crippen LogP contribution is 2.22. The lowest BCUT2D eigenvalue weighted by molar-refractivity contribution is 0.0325. The molecule has 2 atom stereocenters. The maximum absolute atomic E-state index is 13.2. The minimum absolute atomic E-state index is 0.117. The molecule has 0 amide bonds. The van der Waals surface area contributed by atoms with E-state index >= 15 is 0 Å². The lowest BCUT2D eigenvalue weighted by Gasteiger charge is -2.16. The average molecular weight is 235 g/mol. The number of aliphatic hydroxyl groups is 2. The third-order valence-corrected chi connectivity index (χ3v) is 2.33. The molecule has 0 aliphatic carbocycles. The zero-order valence-corrected chi connectivity index (χ0v) is 8.58. The second-order valence-electron chi connectivity index (χ2n) is 3.05. The highest BCUT2D eigenvalue weighted by Gasteiger charge is 2.18. The van der Waals surface area contributed by atoms with E-state index in [0.717, 1.165) is 6.07 Å². The summed E-state index contributed by atoms with van der Waals surface area (Å²) in [5.74, 6) is 4.31. The fraction of sp³-hybridized carbons (Fsp3) is 0.333. The van der Waals surface area contributed by atoms with Gasteiger partial charge in [0.1, 0.15) is 11.9 Å². The maximum atomic E-state index is 13.2. The van der Waals surface area contributed by atoms with Gasteiger partial charge >= 0.3 is 0 Å². The Morgan fingerprint density at radius 3 is 2.60 bits per heavy atom. The Labute approximate surface area is 91.4 Å². The zero-order valence-electron chi connectivity index (χ0n) is 7.82. The van der Waals surface area contributed by atoms with Crippen LogP contribution in [0, 0.1) is 5.82 Å². The third-order valence-electron chi connectivity index (χ3n) is 2.01. The van der Waals surface area contributed by atoms with Crippen molar-refractivity contribution in [2.45, 2.75) is 12.2 Å². The van der Waals surface area contributed by atoms with Crippen molar-refractivity contribution in [2.75, 3.05) is 11.3 Å². The van der Waals surface area contributed by atoms with Crippen LogP contribution in [0.2, 0.25) is 0 Å². The standard InChI is InChI=1S/C9H12ClFN2O2/c10-4-8(14)9(15)5-1-2-7(13-12)6(11)3-5/h1-3,8-9,13-15H,4,12H2. The predicted octanol–water partition coefficient (Wildman–Crippen LogP) is 0.744. The second kappa shape index (κ2) is 5.27. The second-order valence-corrected chi connectivity index (χ2v) is 3.36. The molecule has 6 heteroatoms. The van der Waals surface area contributed by atoms with Gasteiger partial charge in [-0.05, 0) is 17.7 Å². The number of hydrogen-bond acceptors (Lipinski definition) is 4. The van der Waals surface area contributed by atoms with E-state index in [1.54, 1.807) is 0 Å². The van der Waals surface area contributed by atoms with Gasteiger partial charge < -0.3 is 15.6 Å². The molecular weight excluding hydrogens is 223 g/mol. The van der Waals surface area contributed by atoms with E-state index in [1.165, 1.54) is 12.1 Å². The average Bonchev–Trinajstić information content (AvgIpc) is 2.26. The molecule has 0 fully saturated rings. The molecule has 0 radical (unpaired) electrons. The molecule has 0 aliphatic heterocycles. The van der Waals surface area contributed by atoms with Crippen molar-refractivity contribution in [1.29, 1.82) is 0 Å². The minimum Gasteiger partial charge on any atom is -0.389 e. The molecule has 1 aromatic carbocycles. The first-order valence-corrected chi connectivity index (χ1v) is 4.81. The van der Waals surface area contributed by atoms with E-state index in [4.69, 9.17) is 17.4 Å². The van der Waals surface area contributed by atoms with Crippen LogP contribution in [0.25, 0.3) is 0 Å². The van der Waals surface area contributed by atoms with Gasteiger partial charge in [-0.1, -0.05) is 6.07 Å². The lowest BCUT2D eigenvalue weighted by atomic mass is 10.0. The van der Waals surface area contributed by atoms with Crippen molar-refractivity contribution >= 4 is 17.3 Å². The molecule has 0 heterocycles. The van der Waals surface area contributed by atoms with Gasteiger partial charge in [-0.25, -0.2) is 4.39 Å². The molecule has 4 nitrogen and oxygen atoms in total. The summed E-state index contributed by atoms with van der Waals surface area (Å²) in [4.78, 5) is 0. The highest BCUT2D eigenvalue weighted by molar-refractivity contribution is 6.18. The van der Waals surface area contributed by atoms with Crippen molar-refractivity contribution in [3.63, 3.8) is 0 Å². The quantitative estimate of drug-likeness (QED) is 0.352. The molecule has 2 unspecified atom stereocenters. The summed E-state index contributed by atoms with van der Waals surface area (Å²) >= 11 is 5.36. The third kappa shape index (κ3) is 2.79. The molecule has 1 rings (SSSR count). The van der Waals surface area contributed by atoms with Crippen LogP contribution in [0.1, 0.15) is 11.7 Å². The van der Waals surface area contributed by atoms with E-state index < -0.39 is 18.0 Å². The van der Waals surface area contributed by atoms with Crippen LogP contribution in [0.3, 0.4) is 0 Å². The number of benzene rings is 1. The van der Waals surface area contributed by atoms with Gasteiger partial charge in [0.15, 0.2) is 0 Å². The summed E-state index contributed by atoms with van der Waals surface area (Å²) in [5, 5.41) is 18.8. The van der Waals surface area contributed by atoms with Crippen LogP contribution >= 0.6 is 11.6 Å². The van der Waals surface area contributed by atoms with Gasteiger partial charge in [-0.2, -0.15) is 0 Å². The Balaban J connectivity index is 2.92. The number of rotatable bonds is 4. The van der Waals surface area contributed by atoms with Gasteiger partial charge in [-0.3, -0.25) is 5.84 Å². The van der Waals surface area contributed by atoms with E-state index in [2.05, 4.69) is 5.43 Å². The predicted molar refractivity (Wildman–Crippen MR) is 55.9 cm³/mol. The van der Waals surface area contributed by atoms with Crippen LogP contribution in [0.15, 0.2) is 18.2 Å². The number of nitrogen functional groups attached to an aromatic ring is 1. The summed E-state index contributed by atoms with van der Waals surface area (Å²) in [6, 6.07) is 3.92. The number of nitrogens with one attached hydrogen (secondary N) is 1.